The van der Waals surface area contributed by atoms with Gasteiger partial charge in [0.25, 0.3) is 0 Å². The Kier molecular flexibility index (Phi) is 6.34. The van der Waals surface area contributed by atoms with Crippen molar-refractivity contribution in [1.29, 1.82) is 0 Å². The first-order chi connectivity index (χ1) is 10.4. The van der Waals surface area contributed by atoms with Gasteiger partial charge in [0.15, 0.2) is 0 Å². The van der Waals surface area contributed by atoms with Gasteiger partial charge in [0.2, 0.25) is 0 Å². The number of hydrogen-bond donors (Lipinski definition) is 1. The lowest BCUT2D eigenvalue weighted by atomic mass is 9.96. The molecule has 4 heteroatoms. The number of likely N-dealkylation sites (tertiary alicyclic amines) is 2. The van der Waals surface area contributed by atoms with E-state index >= 15 is 0 Å². The van der Waals surface area contributed by atoms with E-state index in [1.165, 1.54) is 77.8 Å². The number of piperidine rings is 1. The summed E-state index contributed by atoms with van der Waals surface area (Å²) in [7, 11) is 0. The maximum atomic E-state index is 5.64. The van der Waals surface area contributed by atoms with Gasteiger partial charge in [-0.3, -0.25) is 0 Å². The second-order valence-corrected chi connectivity index (χ2v) is 7.13. The third-order valence-corrected chi connectivity index (χ3v) is 5.42. The SMILES string of the molecule is C1COC(CNCCN2CCC(CN3CCCC3)CC2)C1. The zero-order chi connectivity index (χ0) is 14.3. The molecule has 0 aromatic carbocycles. The maximum absolute atomic E-state index is 5.64. The third-order valence-electron chi connectivity index (χ3n) is 5.42. The molecule has 1 N–H and O–H groups in total. The molecule has 3 saturated heterocycles. The molecule has 3 fully saturated rings. The monoisotopic (exact) mass is 295 g/mol. The van der Waals surface area contributed by atoms with Crippen molar-refractivity contribution < 1.29 is 4.74 Å². The lowest BCUT2D eigenvalue weighted by molar-refractivity contribution is 0.108. The fourth-order valence-corrected chi connectivity index (χ4v) is 4.03. The predicted molar refractivity (Wildman–Crippen MR) is 86.7 cm³/mol. The summed E-state index contributed by atoms with van der Waals surface area (Å²) in [6.45, 7) is 11.0. The molecule has 1 atom stereocenters. The minimum absolute atomic E-state index is 0.483. The summed E-state index contributed by atoms with van der Waals surface area (Å²) in [4.78, 5) is 5.33. The van der Waals surface area contributed by atoms with Crippen molar-refractivity contribution >= 4 is 0 Å². The molecule has 0 amide bonds. The Hall–Kier alpha value is -0.160. The molecule has 0 saturated carbocycles. The highest BCUT2D eigenvalue weighted by Crippen LogP contribution is 2.20. The van der Waals surface area contributed by atoms with E-state index in [1.807, 2.05) is 0 Å². The van der Waals surface area contributed by atoms with Crippen LogP contribution >= 0.6 is 0 Å². The van der Waals surface area contributed by atoms with Gasteiger partial charge < -0.3 is 19.9 Å². The van der Waals surface area contributed by atoms with Crippen molar-refractivity contribution in [2.24, 2.45) is 5.92 Å². The molecule has 4 nitrogen and oxygen atoms in total. The van der Waals surface area contributed by atoms with Crippen molar-refractivity contribution in [2.45, 2.75) is 44.6 Å². The molecule has 3 aliphatic rings. The lowest BCUT2D eigenvalue weighted by Crippen LogP contribution is -2.41. The van der Waals surface area contributed by atoms with E-state index in [9.17, 15) is 0 Å². The number of rotatable bonds is 7. The van der Waals surface area contributed by atoms with Crippen molar-refractivity contribution in [3.63, 3.8) is 0 Å². The number of nitrogens with zero attached hydrogens (tertiary/aromatic N) is 2. The number of hydrogen-bond acceptors (Lipinski definition) is 4. The van der Waals surface area contributed by atoms with E-state index in [4.69, 9.17) is 4.74 Å². The van der Waals surface area contributed by atoms with Gasteiger partial charge in [0, 0.05) is 32.8 Å². The van der Waals surface area contributed by atoms with Crippen LogP contribution in [0.2, 0.25) is 0 Å². The quantitative estimate of drug-likeness (QED) is 0.722. The van der Waals surface area contributed by atoms with E-state index in [0.717, 1.165) is 25.6 Å². The van der Waals surface area contributed by atoms with Crippen molar-refractivity contribution in [1.82, 2.24) is 15.1 Å². The molecule has 0 aromatic rings. The third kappa shape index (κ3) is 5.20. The van der Waals surface area contributed by atoms with Gasteiger partial charge >= 0.3 is 0 Å². The average Bonchev–Trinajstić information content (AvgIpc) is 3.19. The molecule has 3 heterocycles. The van der Waals surface area contributed by atoms with E-state index in [0.29, 0.717) is 6.10 Å². The van der Waals surface area contributed by atoms with Crippen LogP contribution in [-0.2, 0) is 4.74 Å². The Morgan fingerprint density at radius 1 is 0.905 bits per heavy atom. The Labute approximate surface area is 130 Å². The second-order valence-electron chi connectivity index (χ2n) is 7.13. The molecule has 0 radical (unpaired) electrons. The van der Waals surface area contributed by atoms with Crippen molar-refractivity contribution in [3.8, 4) is 0 Å². The first kappa shape index (κ1) is 15.7. The zero-order valence-electron chi connectivity index (χ0n) is 13.6. The molecule has 122 valence electrons. The second kappa shape index (κ2) is 8.47. The van der Waals surface area contributed by atoms with E-state index in [-0.39, 0.29) is 0 Å². The summed E-state index contributed by atoms with van der Waals surface area (Å²) >= 11 is 0. The summed E-state index contributed by atoms with van der Waals surface area (Å²) in [6, 6.07) is 0. The van der Waals surface area contributed by atoms with E-state index in [2.05, 4.69) is 15.1 Å². The van der Waals surface area contributed by atoms with Crippen LogP contribution in [0.3, 0.4) is 0 Å². The molecule has 21 heavy (non-hydrogen) atoms. The molecule has 0 bridgehead atoms. The van der Waals surface area contributed by atoms with Gasteiger partial charge in [-0.2, -0.15) is 0 Å². The van der Waals surface area contributed by atoms with Crippen LogP contribution in [0, 0.1) is 5.92 Å². The summed E-state index contributed by atoms with van der Waals surface area (Å²) in [5, 5.41) is 3.57. The fraction of sp³-hybridized carbons (Fsp3) is 1.00. The predicted octanol–water partition coefficient (Wildman–Crippen LogP) is 1.56. The minimum atomic E-state index is 0.483. The number of ether oxygens (including phenoxy) is 1. The van der Waals surface area contributed by atoms with E-state index < -0.39 is 0 Å². The van der Waals surface area contributed by atoms with Gasteiger partial charge in [0.1, 0.15) is 0 Å². The lowest BCUT2D eigenvalue weighted by Gasteiger charge is -2.33. The average molecular weight is 295 g/mol. The standard InChI is InChI=1S/C17H33N3O/c1-2-9-20(8-1)15-16-5-10-19(11-6-16)12-7-18-14-17-4-3-13-21-17/h16-18H,1-15H2. The number of nitrogens with one attached hydrogen (secondary N) is 1. The Morgan fingerprint density at radius 3 is 2.43 bits per heavy atom. The maximum Gasteiger partial charge on any atom is 0.0700 e. The smallest absolute Gasteiger partial charge is 0.0700 e. The molecular weight excluding hydrogens is 262 g/mol. The van der Waals surface area contributed by atoms with Crippen molar-refractivity contribution in [2.75, 3.05) is 59.0 Å². The Morgan fingerprint density at radius 2 is 1.71 bits per heavy atom. The van der Waals surface area contributed by atoms with Crippen LogP contribution in [0.25, 0.3) is 0 Å². The summed E-state index contributed by atoms with van der Waals surface area (Å²) in [5.74, 6) is 0.958. The van der Waals surface area contributed by atoms with Crippen LogP contribution in [0.15, 0.2) is 0 Å². The fourth-order valence-electron chi connectivity index (χ4n) is 4.03. The summed E-state index contributed by atoms with van der Waals surface area (Å²) in [5.41, 5.74) is 0. The highest BCUT2D eigenvalue weighted by Gasteiger charge is 2.22. The van der Waals surface area contributed by atoms with Crippen LogP contribution in [0.4, 0.5) is 0 Å². The van der Waals surface area contributed by atoms with E-state index in [1.54, 1.807) is 0 Å². The Balaban J connectivity index is 1.22. The molecule has 0 spiro atoms. The molecule has 3 rings (SSSR count). The topological polar surface area (TPSA) is 27.7 Å². The summed E-state index contributed by atoms with van der Waals surface area (Å²) < 4.78 is 5.64. The highest BCUT2D eigenvalue weighted by molar-refractivity contribution is 4.77. The van der Waals surface area contributed by atoms with Gasteiger partial charge in [0.05, 0.1) is 6.10 Å². The van der Waals surface area contributed by atoms with Crippen LogP contribution in [0.1, 0.15) is 38.5 Å². The van der Waals surface area contributed by atoms with Gasteiger partial charge in [-0.25, -0.2) is 0 Å². The molecule has 1 unspecified atom stereocenters. The molecule has 0 aromatic heterocycles. The highest BCUT2D eigenvalue weighted by atomic mass is 16.5. The van der Waals surface area contributed by atoms with Crippen LogP contribution in [-0.4, -0.2) is 74.9 Å². The van der Waals surface area contributed by atoms with Crippen LogP contribution in [0.5, 0.6) is 0 Å². The first-order valence-electron chi connectivity index (χ1n) is 9.17. The first-order valence-corrected chi connectivity index (χ1v) is 9.17. The zero-order valence-corrected chi connectivity index (χ0v) is 13.6. The van der Waals surface area contributed by atoms with Gasteiger partial charge in [-0.05, 0) is 70.6 Å². The minimum Gasteiger partial charge on any atom is -0.377 e. The van der Waals surface area contributed by atoms with Gasteiger partial charge in [-0.1, -0.05) is 0 Å². The summed E-state index contributed by atoms with van der Waals surface area (Å²) in [6.07, 6.45) is 8.64. The Bertz CT molecular complexity index is 277. The largest absolute Gasteiger partial charge is 0.377 e. The normalized spacial score (nSPS) is 29.4. The molecular formula is C17H33N3O. The molecule has 0 aliphatic carbocycles. The van der Waals surface area contributed by atoms with Gasteiger partial charge in [-0.15, -0.1) is 0 Å². The van der Waals surface area contributed by atoms with Crippen molar-refractivity contribution in [3.05, 3.63) is 0 Å². The van der Waals surface area contributed by atoms with Crippen LogP contribution < -0.4 is 5.32 Å². The molecule has 3 aliphatic heterocycles.